The van der Waals surface area contributed by atoms with Crippen molar-refractivity contribution in [3.63, 3.8) is 0 Å². The minimum atomic E-state index is -0.436. The third kappa shape index (κ3) is 22.7. The topological polar surface area (TPSA) is 151 Å². The van der Waals surface area contributed by atoms with Crippen molar-refractivity contribution < 1.29 is 4.79 Å². The third-order valence-electron chi connectivity index (χ3n) is 6.22. The molecule has 0 aromatic heterocycles. The van der Waals surface area contributed by atoms with E-state index in [4.69, 9.17) is 5.73 Å². The quantitative estimate of drug-likeness (QED) is 0.245. The first-order valence-corrected chi connectivity index (χ1v) is 13.8. The number of carbonyl (C=O) groups excluding carboxylic acids is 1. The highest BCUT2D eigenvalue weighted by molar-refractivity contribution is 5.79. The van der Waals surface area contributed by atoms with Crippen molar-refractivity contribution in [1.82, 2.24) is 49.6 Å². The molecule has 11 N–H and O–H groups in total. The summed E-state index contributed by atoms with van der Waals surface area (Å²) in [5.41, 5.74) is 29.7. The van der Waals surface area contributed by atoms with E-state index < -0.39 is 6.04 Å². The van der Waals surface area contributed by atoms with Crippen LogP contribution in [0.1, 0.15) is 128 Å². The molecule has 0 bridgehead atoms. The highest BCUT2D eigenvalue weighted by Crippen LogP contribution is 2.15. The van der Waals surface area contributed by atoms with Gasteiger partial charge in [0.2, 0.25) is 5.91 Å². The zero-order valence-electron chi connectivity index (χ0n) is 21.7. The summed E-state index contributed by atoms with van der Waals surface area (Å²) in [7, 11) is 0. The number of rotatable bonds is 1. The first-order chi connectivity index (χ1) is 17.3. The van der Waals surface area contributed by atoms with Crippen LogP contribution in [0.15, 0.2) is 0 Å². The molecule has 1 aliphatic rings. The first kappa shape index (κ1) is 31.5. The number of nitrogens with two attached hydrogens (primary N) is 1. The molecule has 1 aliphatic heterocycles. The Hall–Kier alpha value is -1.49. The Bertz CT molecular complexity index is 540. The number of hydrogen-bond acceptors (Lipinski definition) is 10. The molecule has 1 rings (SSSR count). The number of carbonyl (C=O) groups is 1. The normalized spacial score (nSPS) is 23.8. The van der Waals surface area contributed by atoms with E-state index in [1.54, 1.807) is 0 Å². The van der Waals surface area contributed by atoms with Crippen molar-refractivity contribution in [3.05, 3.63) is 0 Å². The molecule has 35 heavy (non-hydrogen) atoms. The lowest BCUT2D eigenvalue weighted by Crippen LogP contribution is -2.65. The Labute approximate surface area is 212 Å². The second-order valence-electron chi connectivity index (χ2n) is 9.30. The molecule has 0 fully saturated rings. The SMILES string of the molecule is NC(=O)C1CCCCCCCCCCCCCCCCCCCCC#CNNNNNNNNN1. The van der Waals surface area contributed by atoms with Crippen LogP contribution in [0.4, 0.5) is 0 Å². The fraction of sp³-hybridized carbons (Fsp3) is 0.875. The summed E-state index contributed by atoms with van der Waals surface area (Å²) in [4.78, 5) is 11.6. The van der Waals surface area contributed by atoms with Crippen LogP contribution < -0.4 is 55.3 Å². The van der Waals surface area contributed by atoms with Gasteiger partial charge in [-0.25, -0.2) is 5.43 Å². The summed E-state index contributed by atoms with van der Waals surface area (Å²) in [5, 5.41) is 0. The minimum Gasteiger partial charge on any atom is -0.368 e. The van der Waals surface area contributed by atoms with Crippen LogP contribution in [0.5, 0.6) is 0 Å². The second-order valence-corrected chi connectivity index (χ2v) is 9.30. The van der Waals surface area contributed by atoms with E-state index in [2.05, 4.69) is 61.6 Å². The zero-order chi connectivity index (χ0) is 25.1. The molecule has 11 heteroatoms. The van der Waals surface area contributed by atoms with Crippen LogP contribution in [0.2, 0.25) is 0 Å². The Balaban J connectivity index is 2.20. The van der Waals surface area contributed by atoms with Gasteiger partial charge in [-0.2, -0.15) is 33.2 Å². The van der Waals surface area contributed by atoms with Crippen molar-refractivity contribution in [2.45, 2.75) is 134 Å². The lowest BCUT2D eigenvalue weighted by molar-refractivity contribution is -0.120. The van der Waals surface area contributed by atoms with Gasteiger partial charge >= 0.3 is 0 Å². The lowest BCUT2D eigenvalue weighted by Gasteiger charge is -2.17. The second kappa shape index (κ2) is 25.6. The molecule has 0 saturated carbocycles. The van der Waals surface area contributed by atoms with Gasteiger partial charge < -0.3 is 5.73 Å². The van der Waals surface area contributed by atoms with E-state index in [1.807, 2.05) is 0 Å². The summed E-state index contributed by atoms with van der Waals surface area (Å²) in [6.45, 7) is 0. The Morgan fingerprint density at radius 2 is 0.943 bits per heavy atom. The van der Waals surface area contributed by atoms with E-state index in [9.17, 15) is 4.79 Å². The fourth-order valence-electron chi connectivity index (χ4n) is 4.12. The Morgan fingerprint density at radius 1 is 0.543 bits per heavy atom. The molecule has 0 aromatic carbocycles. The summed E-state index contributed by atoms with van der Waals surface area (Å²) < 4.78 is 0. The van der Waals surface area contributed by atoms with Crippen molar-refractivity contribution in [3.8, 4) is 12.0 Å². The summed E-state index contributed by atoms with van der Waals surface area (Å²) >= 11 is 0. The molecule has 1 heterocycles. The average Bonchev–Trinajstić information content (AvgIpc) is 2.85. The van der Waals surface area contributed by atoms with Crippen LogP contribution in [0, 0.1) is 12.0 Å². The monoisotopic (exact) mass is 496 g/mol. The predicted molar refractivity (Wildman–Crippen MR) is 141 cm³/mol. The van der Waals surface area contributed by atoms with Crippen molar-refractivity contribution >= 4 is 5.91 Å². The van der Waals surface area contributed by atoms with E-state index >= 15 is 0 Å². The molecule has 11 nitrogen and oxygen atoms in total. The van der Waals surface area contributed by atoms with Gasteiger partial charge in [0.05, 0.1) is 0 Å². The van der Waals surface area contributed by atoms with E-state index in [0.717, 1.165) is 25.7 Å². The third-order valence-corrected chi connectivity index (χ3v) is 6.22. The van der Waals surface area contributed by atoms with Crippen molar-refractivity contribution in [2.24, 2.45) is 5.73 Å². The van der Waals surface area contributed by atoms with Gasteiger partial charge in [0.15, 0.2) is 0 Å². The number of nitrogens with one attached hydrogen (secondary N) is 9. The molecule has 1 unspecified atom stereocenters. The van der Waals surface area contributed by atoms with E-state index in [0.29, 0.717) is 6.42 Å². The summed E-state index contributed by atoms with van der Waals surface area (Å²) in [6.07, 6.45) is 25.1. The van der Waals surface area contributed by atoms with Gasteiger partial charge in [0.1, 0.15) is 6.04 Å². The van der Waals surface area contributed by atoms with Crippen molar-refractivity contribution in [1.29, 1.82) is 0 Å². The molecule has 0 spiro atoms. The van der Waals surface area contributed by atoms with Crippen LogP contribution >= 0.6 is 0 Å². The number of primary amides is 1. The maximum Gasteiger partial charge on any atom is 0.235 e. The average molecular weight is 497 g/mol. The van der Waals surface area contributed by atoms with Gasteiger partial charge in [-0.3, -0.25) is 10.2 Å². The van der Waals surface area contributed by atoms with Gasteiger partial charge in [-0.1, -0.05) is 115 Å². The standard InChI is InChI=1S/C24H52N10O/c25-24(35)23-21-19-17-15-13-11-9-7-5-3-1-2-4-6-8-10-12-14-16-18-20-22-26-28-30-32-34-33-31-29-27-23/h23,26-34H,1-19,21H2,(H2,25,35). The smallest absolute Gasteiger partial charge is 0.235 e. The number of hydrogen-bond donors (Lipinski definition) is 10. The molecular weight excluding hydrogens is 444 g/mol. The zero-order valence-corrected chi connectivity index (χ0v) is 21.7. The fourth-order valence-corrected chi connectivity index (χ4v) is 4.12. The van der Waals surface area contributed by atoms with Crippen molar-refractivity contribution in [2.75, 3.05) is 0 Å². The number of amides is 1. The Kier molecular flexibility index (Phi) is 23.1. The summed E-state index contributed by atoms with van der Waals surface area (Å²) in [5.74, 6) is 2.72. The number of hydrazine groups is 8. The molecule has 0 aliphatic carbocycles. The molecule has 1 atom stereocenters. The molecule has 1 amide bonds. The predicted octanol–water partition coefficient (Wildman–Crippen LogP) is 2.24. The highest BCUT2D eigenvalue weighted by Gasteiger charge is 2.13. The van der Waals surface area contributed by atoms with Gasteiger partial charge in [-0.05, 0) is 12.8 Å². The van der Waals surface area contributed by atoms with Gasteiger partial charge in [0.25, 0.3) is 0 Å². The lowest BCUT2D eigenvalue weighted by atomic mass is 10.0. The van der Waals surface area contributed by atoms with Crippen LogP contribution in [0.3, 0.4) is 0 Å². The highest BCUT2D eigenvalue weighted by atomic mass is 16.1. The maximum absolute atomic E-state index is 11.6. The van der Waals surface area contributed by atoms with Crippen LogP contribution in [-0.4, -0.2) is 11.9 Å². The van der Waals surface area contributed by atoms with Gasteiger partial charge in [-0.15, -0.1) is 5.53 Å². The van der Waals surface area contributed by atoms with Crippen LogP contribution in [0.25, 0.3) is 0 Å². The maximum atomic E-state index is 11.6. The first-order valence-electron chi connectivity index (χ1n) is 13.8. The largest absolute Gasteiger partial charge is 0.368 e. The van der Waals surface area contributed by atoms with Gasteiger partial charge in [0, 0.05) is 12.5 Å². The van der Waals surface area contributed by atoms with E-state index in [-0.39, 0.29) is 5.91 Å². The Morgan fingerprint density at radius 3 is 1.43 bits per heavy atom. The van der Waals surface area contributed by atoms with E-state index in [1.165, 1.54) is 96.3 Å². The molecular formula is C24H52N10O. The molecule has 204 valence electrons. The molecule has 0 radical (unpaired) electrons. The summed E-state index contributed by atoms with van der Waals surface area (Å²) in [6, 6.07) is 2.41. The molecule has 0 aromatic rings. The minimum absolute atomic E-state index is 0.374. The van der Waals surface area contributed by atoms with Crippen LogP contribution in [-0.2, 0) is 4.79 Å². The molecule has 0 saturated heterocycles.